The number of carbonyl (C=O) groups is 2. The van der Waals surface area contributed by atoms with Crippen molar-refractivity contribution >= 4 is 11.9 Å². The van der Waals surface area contributed by atoms with E-state index in [2.05, 4.69) is 4.98 Å². The van der Waals surface area contributed by atoms with E-state index in [9.17, 15) is 9.59 Å². The van der Waals surface area contributed by atoms with Crippen molar-refractivity contribution in [3.63, 3.8) is 0 Å². The molecule has 116 valence electrons. The molecule has 1 aromatic heterocycles. The second kappa shape index (κ2) is 7.73. The third-order valence-corrected chi connectivity index (χ3v) is 2.97. The zero-order valence-corrected chi connectivity index (χ0v) is 12.9. The first-order valence-corrected chi connectivity index (χ1v) is 6.86. The van der Waals surface area contributed by atoms with E-state index in [1.807, 2.05) is 13.8 Å². The Hall–Kier alpha value is -1.95. The molecule has 0 aliphatic rings. The molecule has 6 nitrogen and oxygen atoms in total. The first kappa shape index (κ1) is 17.1. The molecule has 0 radical (unpaired) electrons. The third-order valence-electron chi connectivity index (χ3n) is 2.97. The second-order valence-corrected chi connectivity index (χ2v) is 5.27. The van der Waals surface area contributed by atoms with Crippen LogP contribution in [0, 0.1) is 12.8 Å². The number of aromatic nitrogens is 1. The Morgan fingerprint density at radius 1 is 1.38 bits per heavy atom. The fourth-order valence-electron chi connectivity index (χ4n) is 1.99. The highest BCUT2D eigenvalue weighted by atomic mass is 16.5. The summed E-state index contributed by atoms with van der Waals surface area (Å²) in [6.45, 7) is 7.17. The van der Waals surface area contributed by atoms with Crippen molar-refractivity contribution in [1.29, 1.82) is 0 Å². The van der Waals surface area contributed by atoms with Gasteiger partial charge in [-0.15, -0.1) is 0 Å². The van der Waals surface area contributed by atoms with Gasteiger partial charge in [-0.25, -0.2) is 9.78 Å². The molecule has 0 bridgehead atoms. The van der Waals surface area contributed by atoms with Crippen molar-refractivity contribution < 1.29 is 19.4 Å². The quantitative estimate of drug-likeness (QED) is 0.830. The van der Waals surface area contributed by atoms with Gasteiger partial charge in [0.2, 0.25) is 0 Å². The van der Waals surface area contributed by atoms with Gasteiger partial charge in [-0.1, -0.05) is 13.8 Å². The number of nitrogens with zero attached hydrogens (tertiary/aromatic N) is 2. The highest BCUT2D eigenvalue weighted by molar-refractivity contribution is 5.94. The molecule has 1 heterocycles. The average molecular weight is 294 g/mol. The molecule has 0 aliphatic heterocycles. The van der Waals surface area contributed by atoms with Crippen LogP contribution in [0.5, 0.6) is 0 Å². The zero-order chi connectivity index (χ0) is 16.0. The van der Waals surface area contributed by atoms with Crippen LogP contribution < -0.4 is 0 Å². The molecule has 0 aromatic carbocycles. The average Bonchev–Trinajstić information content (AvgIpc) is 2.41. The van der Waals surface area contributed by atoms with E-state index in [1.54, 1.807) is 18.9 Å². The van der Waals surface area contributed by atoms with E-state index in [1.165, 1.54) is 12.1 Å². The summed E-state index contributed by atoms with van der Waals surface area (Å²) in [7, 11) is 1.59. The molecular formula is C15H22N2O4. The van der Waals surface area contributed by atoms with E-state index in [-0.39, 0.29) is 17.2 Å². The number of methoxy groups -OCH3 is 1. The summed E-state index contributed by atoms with van der Waals surface area (Å²) in [4.78, 5) is 29.2. The van der Waals surface area contributed by atoms with Crippen molar-refractivity contribution in [2.24, 2.45) is 5.92 Å². The molecule has 0 atom stereocenters. The van der Waals surface area contributed by atoms with Gasteiger partial charge in [0.25, 0.3) is 5.91 Å². The Bertz CT molecular complexity index is 514. The standard InChI is InChI=1S/C15H22N2O4/c1-10(2)9-17(7-8-21-4)14(18)13-6-5-12(15(19)20)11(3)16-13/h5-6,10H,7-9H2,1-4H3,(H,19,20). The fourth-order valence-corrected chi connectivity index (χ4v) is 1.99. The third kappa shape index (κ3) is 4.82. The molecule has 6 heteroatoms. The molecular weight excluding hydrogens is 272 g/mol. The number of carbonyl (C=O) groups excluding carboxylic acids is 1. The van der Waals surface area contributed by atoms with Gasteiger partial charge in [-0.05, 0) is 25.0 Å². The number of aryl methyl sites for hydroxylation is 1. The first-order valence-electron chi connectivity index (χ1n) is 6.86. The molecule has 0 unspecified atom stereocenters. The SMILES string of the molecule is COCCN(CC(C)C)C(=O)c1ccc(C(=O)O)c(C)n1. The largest absolute Gasteiger partial charge is 0.478 e. The summed E-state index contributed by atoms with van der Waals surface area (Å²) in [6, 6.07) is 2.88. The lowest BCUT2D eigenvalue weighted by atomic mass is 10.1. The molecule has 1 amide bonds. The van der Waals surface area contributed by atoms with E-state index >= 15 is 0 Å². The molecule has 1 rings (SSSR count). The van der Waals surface area contributed by atoms with Crippen molar-refractivity contribution in [2.45, 2.75) is 20.8 Å². The number of hydrogen-bond acceptors (Lipinski definition) is 4. The maximum atomic E-state index is 12.5. The summed E-state index contributed by atoms with van der Waals surface area (Å²) in [5, 5.41) is 8.99. The fraction of sp³-hybridized carbons (Fsp3) is 0.533. The number of ether oxygens (including phenoxy) is 1. The number of rotatable bonds is 7. The Balaban J connectivity index is 2.97. The van der Waals surface area contributed by atoms with E-state index < -0.39 is 5.97 Å². The van der Waals surface area contributed by atoms with Gasteiger partial charge in [-0.2, -0.15) is 0 Å². The maximum absolute atomic E-state index is 12.5. The Morgan fingerprint density at radius 3 is 2.52 bits per heavy atom. The van der Waals surface area contributed by atoms with Crippen LogP contribution >= 0.6 is 0 Å². The molecule has 0 spiro atoms. The number of carboxylic acids is 1. The molecule has 21 heavy (non-hydrogen) atoms. The summed E-state index contributed by atoms with van der Waals surface area (Å²) in [5.41, 5.74) is 0.706. The summed E-state index contributed by atoms with van der Waals surface area (Å²) < 4.78 is 5.02. The number of amides is 1. The van der Waals surface area contributed by atoms with Crippen molar-refractivity contribution in [1.82, 2.24) is 9.88 Å². The molecule has 0 aliphatic carbocycles. The van der Waals surface area contributed by atoms with Crippen LogP contribution in [-0.2, 0) is 4.74 Å². The van der Waals surface area contributed by atoms with Gasteiger partial charge in [0.1, 0.15) is 5.69 Å². The highest BCUT2D eigenvalue weighted by Gasteiger charge is 2.19. The lowest BCUT2D eigenvalue weighted by molar-refractivity contribution is 0.0660. The number of pyridine rings is 1. The molecule has 0 saturated carbocycles. The minimum atomic E-state index is -1.04. The Kier molecular flexibility index (Phi) is 6.30. The lowest BCUT2D eigenvalue weighted by Crippen LogP contribution is -2.37. The van der Waals surface area contributed by atoms with Gasteiger partial charge in [0.05, 0.1) is 17.9 Å². The molecule has 0 saturated heterocycles. The summed E-state index contributed by atoms with van der Waals surface area (Å²) >= 11 is 0. The zero-order valence-electron chi connectivity index (χ0n) is 12.9. The van der Waals surface area contributed by atoms with Crippen LogP contribution in [0.1, 0.15) is 40.4 Å². The lowest BCUT2D eigenvalue weighted by Gasteiger charge is -2.24. The molecule has 1 aromatic rings. The van der Waals surface area contributed by atoms with Crippen molar-refractivity contribution in [3.05, 3.63) is 29.1 Å². The van der Waals surface area contributed by atoms with Crippen molar-refractivity contribution in [2.75, 3.05) is 26.8 Å². The van der Waals surface area contributed by atoms with Crippen LogP contribution in [0.25, 0.3) is 0 Å². The minimum Gasteiger partial charge on any atom is -0.478 e. The monoisotopic (exact) mass is 294 g/mol. The minimum absolute atomic E-state index is 0.110. The van der Waals surface area contributed by atoms with Crippen LogP contribution in [0.3, 0.4) is 0 Å². The molecule has 1 N–H and O–H groups in total. The normalized spacial score (nSPS) is 10.7. The smallest absolute Gasteiger partial charge is 0.337 e. The van der Waals surface area contributed by atoms with Gasteiger partial charge in [0, 0.05) is 20.2 Å². The van der Waals surface area contributed by atoms with Gasteiger partial charge in [-0.3, -0.25) is 4.79 Å². The van der Waals surface area contributed by atoms with E-state index in [4.69, 9.17) is 9.84 Å². The van der Waals surface area contributed by atoms with E-state index in [0.29, 0.717) is 31.3 Å². The van der Waals surface area contributed by atoms with Crippen LogP contribution in [-0.4, -0.2) is 53.7 Å². The summed E-state index contributed by atoms with van der Waals surface area (Å²) in [6.07, 6.45) is 0. The predicted octanol–water partition coefficient (Wildman–Crippen LogP) is 1.83. The summed E-state index contributed by atoms with van der Waals surface area (Å²) in [5.74, 6) is -0.927. The number of hydrogen-bond donors (Lipinski definition) is 1. The number of aromatic carboxylic acids is 1. The van der Waals surface area contributed by atoms with Crippen LogP contribution in [0.15, 0.2) is 12.1 Å². The van der Waals surface area contributed by atoms with Crippen molar-refractivity contribution in [3.8, 4) is 0 Å². The highest BCUT2D eigenvalue weighted by Crippen LogP contribution is 2.10. The maximum Gasteiger partial charge on any atom is 0.337 e. The Labute approximate surface area is 124 Å². The first-order chi connectivity index (χ1) is 9.86. The predicted molar refractivity (Wildman–Crippen MR) is 78.6 cm³/mol. The van der Waals surface area contributed by atoms with Gasteiger partial charge in [0.15, 0.2) is 0 Å². The topological polar surface area (TPSA) is 79.7 Å². The number of carboxylic acid groups (broad SMARTS) is 1. The van der Waals surface area contributed by atoms with E-state index in [0.717, 1.165) is 0 Å². The van der Waals surface area contributed by atoms with Crippen LogP contribution in [0.4, 0.5) is 0 Å². The van der Waals surface area contributed by atoms with Crippen LogP contribution in [0.2, 0.25) is 0 Å². The van der Waals surface area contributed by atoms with Gasteiger partial charge < -0.3 is 14.7 Å². The Morgan fingerprint density at radius 2 is 2.05 bits per heavy atom. The van der Waals surface area contributed by atoms with Gasteiger partial charge >= 0.3 is 5.97 Å². The second-order valence-electron chi connectivity index (χ2n) is 5.27. The molecule has 0 fully saturated rings.